The summed E-state index contributed by atoms with van der Waals surface area (Å²) in [6.45, 7) is 4.13. The number of aliphatic hydroxyl groups is 1. The summed E-state index contributed by atoms with van der Waals surface area (Å²) in [6.07, 6.45) is 6.41. The van der Waals surface area contributed by atoms with Crippen molar-refractivity contribution in [2.45, 2.75) is 37.8 Å². The normalized spacial score (nSPS) is 34.5. The molecule has 1 N–H and O–H groups in total. The van der Waals surface area contributed by atoms with Gasteiger partial charge in [0.2, 0.25) is 5.95 Å². The number of ether oxygens (including phenoxy) is 1. The van der Waals surface area contributed by atoms with Gasteiger partial charge in [-0.3, -0.25) is 0 Å². The number of anilines is 1. The van der Waals surface area contributed by atoms with Crippen LogP contribution in [0.5, 0.6) is 0 Å². The van der Waals surface area contributed by atoms with Gasteiger partial charge in [0.15, 0.2) is 0 Å². The van der Waals surface area contributed by atoms with Crippen LogP contribution in [0.1, 0.15) is 26.2 Å². The molecule has 2 fully saturated rings. The number of hydrogen-bond acceptors (Lipinski definition) is 5. The molecule has 0 aromatic carbocycles. The fraction of sp³-hybridized carbons (Fsp3) is 0.714. The molecule has 0 bridgehead atoms. The van der Waals surface area contributed by atoms with Crippen molar-refractivity contribution >= 4 is 21.9 Å². The van der Waals surface area contributed by atoms with Gasteiger partial charge in [-0.2, -0.15) is 0 Å². The van der Waals surface area contributed by atoms with Crippen LogP contribution < -0.4 is 4.90 Å². The number of hydrogen-bond donors (Lipinski definition) is 1. The van der Waals surface area contributed by atoms with E-state index in [1.807, 2.05) is 6.92 Å². The highest BCUT2D eigenvalue weighted by atomic mass is 79.9. The standard InChI is InChI=1S/C14H20BrN3O2/c1-14(19)4-6-20-9-11(14)12-3-2-5-18(12)13-16-7-10(15)8-17-13/h7-8,11-12,19H,2-6,9H2,1H3/t11-,12-,14-/m0/s1. The van der Waals surface area contributed by atoms with Gasteiger partial charge in [0.05, 0.1) is 16.7 Å². The third kappa shape index (κ3) is 2.69. The van der Waals surface area contributed by atoms with Gasteiger partial charge in [0.1, 0.15) is 0 Å². The van der Waals surface area contributed by atoms with E-state index in [2.05, 4.69) is 30.8 Å². The van der Waals surface area contributed by atoms with Crippen molar-refractivity contribution in [2.75, 3.05) is 24.7 Å². The second-order valence-electron chi connectivity index (χ2n) is 5.89. The zero-order valence-electron chi connectivity index (χ0n) is 11.6. The summed E-state index contributed by atoms with van der Waals surface area (Å²) in [5, 5.41) is 10.6. The average Bonchev–Trinajstić information content (AvgIpc) is 2.88. The molecule has 5 nitrogen and oxygen atoms in total. The second-order valence-corrected chi connectivity index (χ2v) is 6.81. The minimum atomic E-state index is -0.666. The van der Waals surface area contributed by atoms with Gasteiger partial charge in [0, 0.05) is 37.5 Å². The highest BCUT2D eigenvalue weighted by molar-refractivity contribution is 9.10. The minimum Gasteiger partial charge on any atom is -0.390 e. The Hall–Kier alpha value is -0.720. The van der Waals surface area contributed by atoms with E-state index in [0.29, 0.717) is 19.6 Å². The van der Waals surface area contributed by atoms with Crippen LogP contribution in [0.4, 0.5) is 5.95 Å². The molecule has 6 heteroatoms. The first-order valence-corrected chi connectivity index (χ1v) is 7.91. The predicted octanol–water partition coefficient (Wildman–Crippen LogP) is 2.00. The van der Waals surface area contributed by atoms with Gasteiger partial charge in [-0.05, 0) is 42.1 Å². The Morgan fingerprint density at radius 3 is 2.90 bits per heavy atom. The third-order valence-electron chi connectivity index (χ3n) is 4.48. The second kappa shape index (κ2) is 5.58. The Bertz CT molecular complexity index is 466. The lowest BCUT2D eigenvalue weighted by atomic mass is 9.79. The monoisotopic (exact) mass is 341 g/mol. The highest BCUT2D eigenvalue weighted by Gasteiger charge is 2.44. The van der Waals surface area contributed by atoms with Crippen molar-refractivity contribution in [3.8, 4) is 0 Å². The number of nitrogens with zero attached hydrogens (tertiary/aromatic N) is 3. The van der Waals surface area contributed by atoms with Crippen LogP contribution in [0.2, 0.25) is 0 Å². The predicted molar refractivity (Wildman–Crippen MR) is 79.6 cm³/mol. The Morgan fingerprint density at radius 2 is 2.20 bits per heavy atom. The topological polar surface area (TPSA) is 58.5 Å². The molecule has 2 aliphatic heterocycles. The molecule has 0 amide bonds. The van der Waals surface area contributed by atoms with Crippen LogP contribution in [0, 0.1) is 5.92 Å². The number of aromatic nitrogens is 2. The summed E-state index contributed by atoms with van der Waals surface area (Å²) in [4.78, 5) is 11.0. The Morgan fingerprint density at radius 1 is 1.45 bits per heavy atom. The van der Waals surface area contributed by atoms with Gasteiger partial charge in [-0.15, -0.1) is 0 Å². The molecular formula is C14H20BrN3O2. The van der Waals surface area contributed by atoms with Crippen molar-refractivity contribution in [3.05, 3.63) is 16.9 Å². The molecule has 20 heavy (non-hydrogen) atoms. The lowest BCUT2D eigenvalue weighted by Crippen LogP contribution is -2.52. The Labute approximate surface area is 127 Å². The summed E-state index contributed by atoms with van der Waals surface area (Å²) < 4.78 is 6.48. The van der Waals surface area contributed by atoms with Crippen molar-refractivity contribution in [1.82, 2.24) is 9.97 Å². The molecule has 2 aliphatic rings. The maximum Gasteiger partial charge on any atom is 0.225 e. The summed E-state index contributed by atoms with van der Waals surface area (Å²) >= 11 is 3.36. The van der Waals surface area contributed by atoms with Gasteiger partial charge < -0.3 is 14.7 Å². The van der Waals surface area contributed by atoms with Crippen LogP contribution in [-0.4, -0.2) is 46.5 Å². The van der Waals surface area contributed by atoms with E-state index in [-0.39, 0.29) is 12.0 Å². The minimum absolute atomic E-state index is 0.117. The first-order chi connectivity index (χ1) is 9.58. The zero-order chi connectivity index (χ0) is 14.2. The van der Waals surface area contributed by atoms with Crippen LogP contribution in [0.15, 0.2) is 16.9 Å². The Kier molecular flexibility index (Phi) is 3.97. The maximum absolute atomic E-state index is 10.6. The van der Waals surface area contributed by atoms with E-state index < -0.39 is 5.60 Å². The van der Waals surface area contributed by atoms with Gasteiger partial charge in [0.25, 0.3) is 0 Å². The smallest absolute Gasteiger partial charge is 0.225 e. The molecule has 1 aromatic rings. The maximum atomic E-state index is 10.6. The Balaban J connectivity index is 1.83. The average molecular weight is 342 g/mol. The van der Waals surface area contributed by atoms with E-state index in [1.165, 1.54) is 0 Å². The molecule has 0 saturated carbocycles. The molecule has 110 valence electrons. The fourth-order valence-electron chi connectivity index (χ4n) is 3.29. The van der Waals surface area contributed by atoms with E-state index >= 15 is 0 Å². The van der Waals surface area contributed by atoms with Crippen LogP contribution in [-0.2, 0) is 4.74 Å². The van der Waals surface area contributed by atoms with Crippen molar-refractivity contribution < 1.29 is 9.84 Å². The summed E-state index contributed by atoms with van der Waals surface area (Å²) in [6, 6.07) is 0.256. The van der Waals surface area contributed by atoms with Crippen molar-refractivity contribution in [1.29, 1.82) is 0 Å². The SMILES string of the molecule is C[C@]1(O)CCOC[C@H]1[C@@H]1CCCN1c1ncc(Br)cn1. The molecule has 2 saturated heterocycles. The van der Waals surface area contributed by atoms with Gasteiger partial charge >= 0.3 is 0 Å². The molecule has 0 aliphatic carbocycles. The first-order valence-electron chi connectivity index (χ1n) is 7.12. The summed E-state index contributed by atoms with van der Waals surface area (Å²) in [7, 11) is 0. The van der Waals surface area contributed by atoms with Crippen molar-refractivity contribution in [3.63, 3.8) is 0 Å². The number of halogens is 1. The zero-order valence-corrected chi connectivity index (χ0v) is 13.2. The molecule has 3 rings (SSSR count). The fourth-order valence-corrected chi connectivity index (χ4v) is 3.50. The molecule has 0 spiro atoms. The molecular weight excluding hydrogens is 322 g/mol. The number of rotatable bonds is 2. The molecule has 0 radical (unpaired) electrons. The lowest BCUT2D eigenvalue weighted by molar-refractivity contribution is -0.108. The largest absolute Gasteiger partial charge is 0.390 e. The van der Waals surface area contributed by atoms with E-state index in [4.69, 9.17) is 4.74 Å². The van der Waals surface area contributed by atoms with Gasteiger partial charge in [-0.25, -0.2) is 9.97 Å². The summed E-state index contributed by atoms with van der Waals surface area (Å²) in [5.74, 6) is 0.864. The molecule has 3 atom stereocenters. The van der Waals surface area contributed by atoms with Crippen LogP contribution in [0.3, 0.4) is 0 Å². The molecule has 1 aromatic heterocycles. The molecule has 3 heterocycles. The van der Waals surface area contributed by atoms with Crippen molar-refractivity contribution in [2.24, 2.45) is 5.92 Å². The summed E-state index contributed by atoms with van der Waals surface area (Å²) in [5.41, 5.74) is -0.666. The van der Waals surface area contributed by atoms with E-state index in [9.17, 15) is 5.11 Å². The quantitative estimate of drug-likeness (QED) is 0.891. The lowest BCUT2D eigenvalue weighted by Gasteiger charge is -2.43. The van der Waals surface area contributed by atoms with Gasteiger partial charge in [-0.1, -0.05) is 0 Å². The third-order valence-corrected chi connectivity index (χ3v) is 4.89. The van der Waals surface area contributed by atoms with E-state index in [1.54, 1.807) is 12.4 Å². The van der Waals surface area contributed by atoms with Crippen LogP contribution >= 0.6 is 15.9 Å². The van der Waals surface area contributed by atoms with E-state index in [0.717, 1.165) is 29.8 Å². The molecule has 0 unspecified atom stereocenters. The first kappa shape index (κ1) is 14.2. The van der Waals surface area contributed by atoms with Crippen LogP contribution in [0.25, 0.3) is 0 Å². The highest BCUT2D eigenvalue weighted by Crippen LogP contribution is 2.37.